The van der Waals surface area contributed by atoms with Gasteiger partial charge >= 0.3 is 5.97 Å². The third kappa shape index (κ3) is 3.91. The molecule has 0 bridgehead atoms. The van der Waals surface area contributed by atoms with Crippen molar-refractivity contribution in [2.24, 2.45) is 0 Å². The van der Waals surface area contributed by atoms with Crippen LogP contribution < -0.4 is 0 Å². The lowest BCUT2D eigenvalue weighted by atomic mass is 10.4. The van der Waals surface area contributed by atoms with Crippen molar-refractivity contribution in [2.75, 3.05) is 46.3 Å². The van der Waals surface area contributed by atoms with Crippen molar-refractivity contribution in [1.29, 1.82) is 0 Å². The first-order valence-corrected chi connectivity index (χ1v) is 7.43. The minimum atomic E-state index is -3.51. The summed E-state index contributed by atoms with van der Waals surface area (Å²) in [5.41, 5.74) is 0. The Bertz CT molecular complexity index is 377. The van der Waals surface area contributed by atoms with Crippen LogP contribution in [-0.2, 0) is 15.0 Å². The minimum Gasteiger partial charge on any atom is -0.481 e. The molecule has 0 aromatic rings. The molecule has 0 aromatic carbocycles. The largest absolute Gasteiger partial charge is 0.481 e. The molecule has 18 heavy (non-hydrogen) atoms. The lowest BCUT2D eigenvalue weighted by molar-refractivity contribution is -0.137. The smallest absolute Gasteiger partial charge is 0.304 e. The van der Waals surface area contributed by atoms with Gasteiger partial charge in [0.1, 0.15) is 0 Å². The maximum Gasteiger partial charge on any atom is 0.304 e. The molecule has 1 saturated heterocycles. The van der Waals surface area contributed by atoms with E-state index in [1.807, 2.05) is 6.92 Å². The molecule has 0 saturated carbocycles. The van der Waals surface area contributed by atoms with Crippen molar-refractivity contribution >= 4 is 16.2 Å². The highest BCUT2D eigenvalue weighted by molar-refractivity contribution is 7.86. The Balaban J connectivity index is 2.55. The standard InChI is InChI=1S/C10H21N3O4S/c1-3-12-6-8-13(9-7-12)18(16,17)11(2)5-4-10(14)15/h3-9H2,1-2H3,(H,14,15). The van der Waals surface area contributed by atoms with E-state index in [2.05, 4.69) is 4.90 Å². The third-order valence-electron chi connectivity index (χ3n) is 3.14. The highest BCUT2D eigenvalue weighted by Crippen LogP contribution is 2.11. The molecule has 1 fully saturated rings. The van der Waals surface area contributed by atoms with E-state index in [1.54, 1.807) is 0 Å². The van der Waals surface area contributed by atoms with Crippen LogP contribution in [0.3, 0.4) is 0 Å². The van der Waals surface area contributed by atoms with Crippen molar-refractivity contribution in [1.82, 2.24) is 13.5 Å². The second-order valence-corrected chi connectivity index (χ2v) is 6.34. The number of rotatable bonds is 6. The average molecular weight is 279 g/mol. The van der Waals surface area contributed by atoms with Gasteiger partial charge in [-0.3, -0.25) is 4.79 Å². The number of aliphatic carboxylic acids is 1. The highest BCUT2D eigenvalue weighted by atomic mass is 32.2. The van der Waals surface area contributed by atoms with Crippen LogP contribution in [0.15, 0.2) is 0 Å². The molecule has 1 aliphatic rings. The van der Waals surface area contributed by atoms with Gasteiger partial charge in [-0.2, -0.15) is 17.0 Å². The van der Waals surface area contributed by atoms with Crippen LogP contribution in [0, 0.1) is 0 Å². The SMILES string of the molecule is CCN1CCN(S(=O)(=O)N(C)CCC(=O)O)CC1. The van der Waals surface area contributed by atoms with E-state index in [1.165, 1.54) is 11.4 Å². The third-order valence-corrected chi connectivity index (χ3v) is 5.13. The molecule has 1 rings (SSSR count). The fraction of sp³-hybridized carbons (Fsp3) is 0.900. The molecule has 0 amide bonds. The molecule has 1 aliphatic heterocycles. The molecular formula is C10H21N3O4S. The number of nitrogens with zero attached hydrogens (tertiary/aromatic N) is 3. The molecule has 0 aromatic heterocycles. The number of carboxylic acids is 1. The number of carbonyl (C=O) groups is 1. The molecule has 0 aliphatic carbocycles. The van der Waals surface area contributed by atoms with E-state index >= 15 is 0 Å². The summed E-state index contributed by atoms with van der Waals surface area (Å²) in [5.74, 6) is -0.993. The molecule has 0 atom stereocenters. The maximum atomic E-state index is 12.1. The summed E-state index contributed by atoms with van der Waals surface area (Å²) in [4.78, 5) is 12.6. The molecular weight excluding hydrogens is 258 g/mol. The molecule has 106 valence electrons. The molecule has 1 heterocycles. The minimum absolute atomic E-state index is 0.00561. The van der Waals surface area contributed by atoms with Gasteiger partial charge in [0.2, 0.25) is 0 Å². The molecule has 0 spiro atoms. The van der Waals surface area contributed by atoms with E-state index in [-0.39, 0.29) is 13.0 Å². The summed E-state index contributed by atoms with van der Waals surface area (Å²) in [6.45, 7) is 5.35. The quantitative estimate of drug-likeness (QED) is 0.693. The monoisotopic (exact) mass is 279 g/mol. The van der Waals surface area contributed by atoms with Gasteiger partial charge in [0.15, 0.2) is 0 Å². The van der Waals surface area contributed by atoms with Gasteiger partial charge in [0, 0.05) is 39.8 Å². The van der Waals surface area contributed by atoms with Crippen molar-refractivity contribution in [3.63, 3.8) is 0 Å². The molecule has 0 radical (unpaired) electrons. The molecule has 8 heteroatoms. The zero-order valence-corrected chi connectivity index (χ0v) is 11.7. The second-order valence-electron chi connectivity index (χ2n) is 4.31. The summed E-state index contributed by atoms with van der Waals surface area (Å²) in [6.07, 6.45) is -0.176. The van der Waals surface area contributed by atoms with Gasteiger partial charge in [0.25, 0.3) is 10.2 Å². The van der Waals surface area contributed by atoms with Gasteiger partial charge in [-0.1, -0.05) is 6.92 Å². The first-order chi connectivity index (χ1) is 8.37. The number of hydrogen-bond donors (Lipinski definition) is 1. The Hall–Kier alpha value is -0.700. The molecule has 7 nitrogen and oxygen atoms in total. The van der Waals surface area contributed by atoms with Crippen molar-refractivity contribution < 1.29 is 18.3 Å². The Morgan fingerprint density at radius 1 is 1.28 bits per heavy atom. The highest BCUT2D eigenvalue weighted by Gasteiger charge is 2.29. The Labute approximate surface area is 108 Å². The lowest BCUT2D eigenvalue weighted by Gasteiger charge is -2.35. The second kappa shape index (κ2) is 6.46. The fourth-order valence-corrected chi connectivity index (χ4v) is 3.18. The number of hydrogen-bond acceptors (Lipinski definition) is 4. The van der Waals surface area contributed by atoms with Crippen molar-refractivity contribution in [3.8, 4) is 0 Å². The van der Waals surface area contributed by atoms with Gasteiger partial charge in [-0.25, -0.2) is 0 Å². The topological polar surface area (TPSA) is 81.2 Å². The van der Waals surface area contributed by atoms with Gasteiger partial charge in [-0.15, -0.1) is 0 Å². The first-order valence-electron chi connectivity index (χ1n) is 6.03. The van der Waals surface area contributed by atoms with Crippen LogP contribution in [-0.4, -0.2) is 79.3 Å². The predicted molar refractivity (Wildman–Crippen MR) is 67.5 cm³/mol. The summed E-state index contributed by atoms with van der Waals surface area (Å²) >= 11 is 0. The summed E-state index contributed by atoms with van der Waals surface area (Å²) < 4.78 is 26.8. The predicted octanol–water partition coefficient (Wildman–Crippen LogP) is -0.725. The van der Waals surface area contributed by atoms with Crippen LogP contribution in [0.25, 0.3) is 0 Å². The zero-order chi connectivity index (χ0) is 13.8. The van der Waals surface area contributed by atoms with Crippen LogP contribution in [0.2, 0.25) is 0 Å². The molecule has 1 N–H and O–H groups in total. The van der Waals surface area contributed by atoms with Gasteiger partial charge < -0.3 is 10.0 Å². The van der Waals surface area contributed by atoms with Crippen molar-refractivity contribution in [3.05, 3.63) is 0 Å². The number of likely N-dealkylation sites (N-methyl/N-ethyl adjacent to an activating group) is 1. The van der Waals surface area contributed by atoms with Gasteiger partial charge in [-0.05, 0) is 6.54 Å². The van der Waals surface area contributed by atoms with Crippen LogP contribution in [0.4, 0.5) is 0 Å². The first kappa shape index (κ1) is 15.4. The summed E-state index contributed by atoms with van der Waals surface area (Å²) in [5, 5.41) is 8.56. The van der Waals surface area contributed by atoms with E-state index in [0.29, 0.717) is 13.1 Å². The van der Waals surface area contributed by atoms with Gasteiger partial charge in [0.05, 0.1) is 6.42 Å². The van der Waals surface area contributed by atoms with E-state index < -0.39 is 16.2 Å². The maximum absolute atomic E-state index is 12.1. The Kier molecular flexibility index (Phi) is 5.51. The van der Waals surface area contributed by atoms with E-state index in [0.717, 1.165) is 23.9 Å². The normalized spacial score (nSPS) is 19.3. The average Bonchev–Trinajstić information content (AvgIpc) is 2.35. The van der Waals surface area contributed by atoms with Crippen LogP contribution in [0.5, 0.6) is 0 Å². The zero-order valence-electron chi connectivity index (χ0n) is 10.9. The van der Waals surface area contributed by atoms with Crippen LogP contribution in [0.1, 0.15) is 13.3 Å². The molecule has 0 unspecified atom stereocenters. The Morgan fingerprint density at radius 2 is 1.83 bits per heavy atom. The number of carboxylic acid groups (broad SMARTS) is 1. The lowest BCUT2D eigenvalue weighted by Crippen LogP contribution is -2.52. The van der Waals surface area contributed by atoms with E-state index in [9.17, 15) is 13.2 Å². The van der Waals surface area contributed by atoms with E-state index in [4.69, 9.17) is 5.11 Å². The summed E-state index contributed by atoms with van der Waals surface area (Å²) in [7, 11) is -2.09. The number of piperazine rings is 1. The summed E-state index contributed by atoms with van der Waals surface area (Å²) in [6, 6.07) is 0. The Morgan fingerprint density at radius 3 is 2.28 bits per heavy atom. The van der Waals surface area contributed by atoms with Crippen molar-refractivity contribution in [2.45, 2.75) is 13.3 Å². The fourth-order valence-electron chi connectivity index (χ4n) is 1.84. The van der Waals surface area contributed by atoms with Crippen LogP contribution >= 0.6 is 0 Å².